The Bertz CT molecular complexity index is 962. The summed E-state index contributed by atoms with van der Waals surface area (Å²) in [6, 6.07) is 15.1. The van der Waals surface area contributed by atoms with E-state index in [0.29, 0.717) is 21.0 Å². The number of benzene rings is 2. The van der Waals surface area contributed by atoms with E-state index in [0.717, 1.165) is 17.7 Å². The molecule has 1 N–H and O–H groups in total. The predicted octanol–water partition coefficient (Wildman–Crippen LogP) is 5.25. The molecule has 0 saturated carbocycles. The molecule has 1 amide bonds. The van der Waals surface area contributed by atoms with E-state index in [1.54, 1.807) is 12.1 Å². The van der Waals surface area contributed by atoms with Crippen LogP contribution >= 0.6 is 35.0 Å². The molecule has 0 radical (unpaired) electrons. The summed E-state index contributed by atoms with van der Waals surface area (Å²) in [5.41, 5.74) is 1.61. The number of aromatic nitrogens is 3. The van der Waals surface area contributed by atoms with Crippen LogP contribution in [0.4, 0.5) is 0 Å². The zero-order chi connectivity index (χ0) is 20.1. The van der Waals surface area contributed by atoms with Crippen LogP contribution in [0.2, 0.25) is 10.0 Å². The molecular weight excluding hydrogens is 415 g/mol. The first-order valence-corrected chi connectivity index (χ1v) is 10.6. The van der Waals surface area contributed by atoms with E-state index in [1.807, 2.05) is 54.8 Å². The number of carbonyl (C=O) groups excluding carboxylic acids is 1. The quantitative estimate of drug-likeness (QED) is 0.515. The van der Waals surface area contributed by atoms with Crippen molar-refractivity contribution < 1.29 is 4.79 Å². The molecule has 3 rings (SSSR count). The molecule has 1 atom stereocenters. The van der Waals surface area contributed by atoms with E-state index < -0.39 is 0 Å². The van der Waals surface area contributed by atoms with Crippen molar-refractivity contribution >= 4 is 40.9 Å². The van der Waals surface area contributed by atoms with Gasteiger partial charge in [-0.25, -0.2) is 0 Å². The molecule has 0 bridgehead atoms. The number of thioether (sulfide) groups is 1. The van der Waals surface area contributed by atoms with E-state index in [1.165, 1.54) is 11.8 Å². The maximum Gasteiger partial charge on any atom is 0.230 e. The molecular formula is C20H20Cl2N4OS. The smallest absolute Gasteiger partial charge is 0.230 e. The third kappa shape index (κ3) is 4.87. The zero-order valence-corrected chi connectivity index (χ0v) is 17.9. The number of nitrogens with one attached hydrogen (secondary N) is 1. The minimum Gasteiger partial charge on any atom is -0.353 e. The Hall–Kier alpha value is -2.02. The first-order chi connectivity index (χ1) is 13.5. The summed E-state index contributed by atoms with van der Waals surface area (Å²) in [5.74, 6) is 0.814. The van der Waals surface area contributed by atoms with Crippen molar-refractivity contribution in [3.8, 4) is 17.1 Å². The van der Waals surface area contributed by atoms with Crippen molar-refractivity contribution in [1.82, 2.24) is 20.1 Å². The van der Waals surface area contributed by atoms with Gasteiger partial charge in [0.05, 0.1) is 10.8 Å². The lowest BCUT2D eigenvalue weighted by Crippen LogP contribution is -2.33. The van der Waals surface area contributed by atoms with Crippen LogP contribution in [0.1, 0.15) is 20.3 Å². The maximum atomic E-state index is 12.2. The number of hydrogen-bond acceptors (Lipinski definition) is 4. The lowest BCUT2D eigenvalue weighted by molar-refractivity contribution is -0.119. The summed E-state index contributed by atoms with van der Waals surface area (Å²) in [6.45, 7) is 4.02. The van der Waals surface area contributed by atoms with Crippen LogP contribution in [0.15, 0.2) is 53.7 Å². The highest BCUT2D eigenvalue weighted by atomic mass is 35.5. The lowest BCUT2D eigenvalue weighted by Gasteiger charge is -2.13. The molecule has 2 aromatic carbocycles. The number of hydrogen-bond donors (Lipinski definition) is 1. The van der Waals surface area contributed by atoms with E-state index in [4.69, 9.17) is 23.2 Å². The molecule has 0 saturated heterocycles. The Morgan fingerprint density at radius 3 is 2.61 bits per heavy atom. The van der Waals surface area contributed by atoms with Gasteiger partial charge in [-0.2, -0.15) is 0 Å². The van der Waals surface area contributed by atoms with E-state index >= 15 is 0 Å². The van der Waals surface area contributed by atoms with Gasteiger partial charge in [-0.3, -0.25) is 9.36 Å². The van der Waals surface area contributed by atoms with Gasteiger partial charge >= 0.3 is 0 Å². The minimum absolute atomic E-state index is 0.0342. The molecule has 5 nitrogen and oxygen atoms in total. The highest BCUT2D eigenvalue weighted by Gasteiger charge is 2.19. The number of rotatable bonds is 7. The lowest BCUT2D eigenvalue weighted by atomic mass is 10.2. The third-order valence-corrected chi connectivity index (χ3v) is 5.65. The average molecular weight is 435 g/mol. The van der Waals surface area contributed by atoms with Crippen molar-refractivity contribution in [2.75, 3.05) is 5.75 Å². The Labute approximate surface area is 178 Å². The Morgan fingerprint density at radius 2 is 1.93 bits per heavy atom. The van der Waals surface area contributed by atoms with E-state index in [-0.39, 0.29) is 17.7 Å². The number of nitrogens with zero attached hydrogens (tertiary/aromatic N) is 3. The van der Waals surface area contributed by atoms with Crippen LogP contribution in [0.3, 0.4) is 0 Å². The van der Waals surface area contributed by atoms with E-state index in [2.05, 4.69) is 15.5 Å². The summed E-state index contributed by atoms with van der Waals surface area (Å²) in [7, 11) is 0. The normalized spacial score (nSPS) is 12.0. The van der Waals surface area contributed by atoms with Gasteiger partial charge in [0.15, 0.2) is 11.0 Å². The Morgan fingerprint density at radius 1 is 1.18 bits per heavy atom. The highest BCUT2D eigenvalue weighted by Crippen LogP contribution is 2.33. The zero-order valence-electron chi connectivity index (χ0n) is 15.5. The number of para-hydroxylation sites is 1. The molecule has 0 fully saturated rings. The van der Waals surface area contributed by atoms with Gasteiger partial charge in [-0.1, -0.05) is 60.1 Å². The maximum absolute atomic E-state index is 12.2. The molecule has 1 heterocycles. The fraction of sp³-hybridized carbons (Fsp3) is 0.250. The second kappa shape index (κ2) is 9.45. The Balaban J connectivity index is 1.95. The molecule has 0 spiro atoms. The fourth-order valence-electron chi connectivity index (χ4n) is 2.57. The third-order valence-electron chi connectivity index (χ3n) is 4.17. The summed E-state index contributed by atoms with van der Waals surface area (Å²) in [5, 5.41) is 13.3. The molecule has 0 aliphatic rings. The molecule has 8 heteroatoms. The molecule has 1 unspecified atom stereocenters. The summed E-state index contributed by atoms with van der Waals surface area (Å²) in [6.07, 6.45) is 0.885. The molecule has 3 aromatic rings. The monoisotopic (exact) mass is 434 g/mol. The predicted molar refractivity (Wildman–Crippen MR) is 115 cm³/mol. The number of halogens is 2. The van der Waals surface area contributed by atoms with Crippen molar-refractivity contribution in [2.45, 2.75) is 31.5 Å². The van der Waals surface area contributed by atoms with Crippen molar-refractivity contribution in [1.29, 1.82) is 0 Å². The van der Waals surface area contributed by atoms with Crippen LogP contribution < -0.4 is 5.32 Å². The summed E-state index contributed by atoms with van der Waals surface area (Å²) in [4.78, 5) is 12.2. The standard InChI is InChI=1S/C20H20Cl2N4OS/c1-3-13(2)23-18(27)12-28-20-25-24-19(16-10-9-14(21)11-17(16)22)26(20)15-7-5-4-6-8-15/h4-11,13H,3,12H2,1-2H3,(H,23,27). The van der Waals surface area contributed by atoms with Gasteiger partial charge in [0, 0.05) is 22.3 Å². The van der Waals surface area contributed by atoms with Gasteiger partial charge in [-0.05, 0) is 43.7 Å². The van der Waals surface area contributed by atoms with Crippen LogP contribution in [-0.4, -0.2) is 32.5 Å². The van der Waals surface area contributed by atoms with Crippen LogP contribution in [0, 0.1) is 0 Å². The van der Waals surface area contributed by atoms with Gasteiger partial charge in [0.2, 0.25) is 5.91 Å². The van der Waals surface area contributed by atoms with E-state index in [9.17, 15) is 4.79 Å². The molecule has 1 aromatic heterocycles. The molecule has 0 aliphatic heterocycles. The SMILES string of the molecule is CCC(C)NC(=O)CSc1nnc(-c2ccc(Cl)cc2Cl)n1-c1ccccc1. The van der Waals surface area contributed by atoms with Crippen LogP contribution in [0.5, 0.6) is 0 Å². The average Bonchev–Trinajstić information content (AvgIpc) is 3.10. The fourth-order valence-corrected chi connectivity index (χ4v) is 3.82. The number of carbonyl (C=O) groups is 1. The second-order valence-electron chi connectivity index (χ2n) is 6.27. The largest absolute Gasteiger partial charge is 0.353 e. The first-order valence-electron chi connectivity index (χ1n) is 8.88. The van der Waals surface area contributed by atoms with Gasteiger partial charge in [0.25, 0.3) is 0 Å². The molecule has 0 aliphatic carbocycles. The first kappa shape index (κ1) is 20.7. The topological polar surface area (TPSA) is 59.8 Å². The minimum atomic E-state index is -0.0342. The summed E-state index contributed by atoms with van der Waals surface area (Å²) >= 11 is 13.8. The summed E-state index contributed by atoms with van der Waals surface area (Å²) < 4.78 is 1.90. The molecule has 146 valence electrons. The van der Waals surface area contributed by atoms with Crippen molar-refractivity contribution in [2.24, 2.45) is 0 Å². The van der Waals surface area contributed by atoms with Gasteiger partial charge in [-0.15, -0.1) is 10.2 Å². The van der Waals surface area contributed by atoms with Crippen LogP contribution in [0.25, 0.3) is 17.1 Å². The van der Waals surface area contributed by atoms with Gasteiger partial charge < -0.3 is 5.32 Å². The Kier molecular flexibility index (Phi) is 6.99. The number of amides is 1. The van der Waals surface area contributed by atoms with Gasteiger partial charge in [0.1, 0.15) is 0 Å². The van der Waals surface area contributed by atoms with Crippen molar-refractivity contribution in [3.63, 3.8) is 0 Å². The highest BCUT2D eigenvalue weighted by molar-refractivity contribution is 7.99. The second-order valence-corrected chi connectivity index (χ2v) is 8.05. The molecule has 28 heavy (non-hydrogen) atoms. The van der Waals surface area contributed by atoms with Crippen LogP contribution in [-0.2, 0) is 4.79 Å². The van der Waals surface area contributed by atoms with Crippen molar-refractivity contribution in [3.05, 3.63) is 58.6 Å².